The fraction of sp³-hybridized carbons (Fsp3) is 0.289. The average Bonchev–Trinajstić information content (AvgIpc) is 3.59. The number of rotatable bonds is 3. The molecule has 1 N–H and O–H groups in total. The van der Waals surface area contributed by atoms with Gasteiger partial charge in [0, 0.05) is 32.9 Å². The van der Waals surface area contributed by atoms with E-state index < -0.39 is 49.5 Å². The van der Waals surface area contributed by atoms with Crippen LogP contribution in [0.4, 0.5) is 9.18 Å². The Morgan fingerprint density at radius 2 is 1.71 bits per heavy atom. The molecule has 49 heavy (non-hydrogen) atoms. The Kier molecular flexibility index (Phi) is 8.84. The van der Waals surface area contributed by atoms with E-state index in [1.54, 1.807) is 32.9 Å². The maximum absolute atomic E-state index is 14.3. The number of hydrogen-bond acceptors (Lipinski definition) is 5. The molecular weight excluding hydrogens is 705 g/mol. The van der Waals surface area contributed by atoms with E-state index >= 15 is 0 Å². The van der Waals surface area contributed by atoms with Crippen LogP contribution in [0, 0.1) is 17.3 Å². The van der Waals surface area contributed by atoms with Gasteiger partial charge in [0.2, 0.25) is 0 Å². The molecule has 2 aromatic heterocycles. The third kappa shape index (κ3) is 6.80. The van der Waals surface area contributed by atoms with Gasteiger partial charge in [0.15, 0.2) is 0 Å². The van der Waals surface area contributed by atoms with Crippen LogP contribution in [-0.2, 0) is 25.5 Å². The molecule has 0 radical (unpaired) electrons. The lowest BCUT2D eigenvalue weighted by Gasteiger charge is -2.40. The number of carbonyl (C=O) groups excluding carboxylic acids is 3. The first-order chi connectivity index (χ1) is 23.0. The van der Waals surface area contributed by atoms with E-state index in [1.165, 1.54) is 28.7 Å². The normalized spacial score (nSPS) is 16.2. The standard InChI is InChI=1S/C38H37BrFN3O5Si/c1-38(2,3)48-37(46)42-30-15-13-26(40)18-24(30)19-31(42)22-8-10-23(11-9-22)35-34-28(27-20-25(39)12-14-29(27)41-34)21-32(36(45)47-4)43(35)33(44)16-17-49(5,6)7/h8-15,18-20,32,35,41H,21H2,1-7H3. The lowest BCUT2D eigenvalue weighted by Crippen LogP contribution is -2.51. The molecule has 3 aromatic carbocycles. The molecule has 0 spiro atoms. The van der Waals surface area contributed by atoms with Gasteiger partial charge in [-0.15, -0.1) is 5.54 Å². The van der Waals surface area contributed by atoms with Crippen LogP contribution in [0.2, 0.25) is 19.6 Å². The van der Waals surface area contributed by atoms with E-state index in [9.17, 15) is 18.8 Å². The zero-order valence-electron chi connectivity index (χ0n) is 28.4. The molecule has 2 atom stereocenters. The number of nitrogens with one attached hydrogen (secondary N) is 1. The first kappa shape index (κ1) is 34.2. The fourth-order valence-corrected chi connectivity index (χ4v) is 7.11. The van der Waals surface area contributed by atoms with Gasteiger partial charge >= 0.3 is 12.1 Å². The van der Waals surface area contributed by atoms with Crippen LogP contribution in [0.3, 0.4) is 0 Å². The monoisotopic (exact) mass is 741 g/mol. The maximum Gasteiger partial charge on any atom is 0.419 e. The number of carbonyl (C=O) groups is 3. The molecule has 0 fully saturated rings. The number of ether oxygens (including phenoxy) is 2. The zero-order chi connectivity index (χ0) is 35.4. The topological polar surface area (TPSA) is 93.6 Å². The molecule has 0 bridgehead atoms. The molecule has 0 saturated carbocycles. The number of methoxy groups -OCH3 is 1. The highest BCUT2D eigenvalue weighted by Crippen LogP contribution is 2.42. The van der Waals surface area contributed by atoms with Gasteiger partial charge in [-0.3, -0.25) is 4.79 Å². The van der Waals surface area contributed by atoms with E-state index in [-0.39, 0.29) is 6.42 Å². The van der Waals surface area contributed by atoms with Crippen molar-refractivity contribution in [2.75, 3.05) is 7.11 Å². The number of benzene rings is 3. The van der Waals surface area contributed by atoms with E-state index in [4.69, 9.17) is 9.47 Å². The molecule has 3 heterocycles. The summed E-state index contributed by atoms with van der Waals surface area (Å²) in [5, 5.41) is 1.49. The minimum Gasteiger partial charge on any atom is -0.467 e. The van der Waals surface area contributed by atoms with Crippen molar-refractivity contribution in [1.82, 2.24) is 14.5 Å². The minimum atomic E-state index is -1.94. The SMILES string of the molecule is COC(=O)C1Cc2c([nH]c3ccc(Br)cc23)C(c2ccc(-c3cc4cc(F)ccc4n3C(=O)OC(C)(C)C)cc2)N1C(=O)C#C[Si](C)(C)C. The van der Waals surface area contributed by atoms with Gasteiger partial charge < -0.3 is 19.4 Å². The van der Waals surface area contributed by atoms with E-state index in [2.05, 4.69) is 52.0 Å². The number of nitrogens with zero attached hydrogens (tertiary/aromatic N) is 2. The summed E-state index contributed by atoms with van der Waals surface area (Å²) >= 11 is 3.58. The minimum absolute atomic E-state index is 0.250. The van der Waals surface area contributed by atoms with Gasteiger partial charge in [0.05, 0.1) is 24.4 Å². The molecule has 252 valence electrons. The van der Waals surface area contributed by atoms with Crippen molar-refractivity contribution in [3.05, 3.63) is 93.8 Å². The summed E-state index contributed by atoms with van der Waals surface area (Å²) in [6.07, 6.45) is -0.340. The second kappa shape index (κ2) is 12.7. The third-order valence-corrected chi connectivity index (χ3v) is 9.67. The van der Waals surface area contributed by atoms with Crippen molar-refractivity contribution >= 4 is 63.8 Å². The van der Waals surface area contributed by atoms with E-state index in [0.717, 1.165) is 32.2 Å². The maximum atomic E-state index is 14.3. The Bertz CT molecular complexity index is 2200. The molecule has 1 amide bonds. The molecule has 0 saturated heterocycles. The van der Waals surface area contributed by atoms with Crippen LogP contribution in [0.15, 0.2) is 71.2 Å². The van der Waals surface area contributed by atoms with Crippen molar-refractivity contribution in [3.8, 4) is 22.7 Å². The van der Waals surface area contributed by atoms with Gasteiger partial charge in [0.25, 0.3) is 5.91 Å². The number of aromatic nitrogens is 2. The lowest BCUT2D eigenvalue weighted by molar-refractivity contribution is -0.153. The number of fused-ring (bicyclic) bond motifs is 4. The summed E-state index contributed by atoms with van der Waals surface area (Å²) in [6.45, 7) is 11.5. The lowest BCUT2D eigenvalue weighted by atomic mass is 9.87. The van der Waals surface area contributed by atoms with Crippen LogP contribution in [-0.4, -0.2) is 59.2 Å². The van der Waals surface area contributed by atoms with Crippen molar-refractivity contribution in [2.45, 2.75) is 64.5 Å². The highest BCUT2D eigenvalue weighted by Gasteiger charge is 2.44. The predicted octanol–water partition coefficient (Wildman–Crippen LogP) is 8.37. The van der Waals surface area contributed by atoms with E-state index in [1.807, 2.05) is 42.5 Å². The summed E-state index contributed by atoms with van der Waals surface area (Å²) in [6, 6.07) is 17.7. The zero-order valence-corrected chi connectivity index (χ0v) is 31.0. The summed E-state index contributed by atoms with van der Waals surface area (Å²) < 4.78 is 27.6. The number of aromatic amines is 1. The summed E-state index contributed by atoms with van der Waals surface area (Å²) in [5.74, 6) is 1.43. The predicted molar refractivity (Wildman–Crippen MR) is 194 cm³/mol. The molecule has 5 aromatic rings. The molecule has 8 nitrogen and oxygen atoms in total. The Balaban J connectivity index is 1.53. The Hall–Kier alpha value is -4.66. The largest absolute Gasteiger partial charge is 0.467 e. The Morgan fingerprint density at radius 1 is 1.00 bits per heavy atom. The molecule has 0 aliphatic carbocycles. The van der Waals surface area contributed by atoms with Crippen LogP contribution >= 0.6 is 15.9 Å². The molecule has 2 unspecified atom stereocenters. The summed E-state index contributed by atoms with van der Waals surface area (Å²) in [7, 11) is -0.622. The van der Waals surface area contributed by atoms with Crippen molar-refractivity contribution < 1.29 is 28.2 Å². The fourth-order valence-electron chi connectivity index (χ4n) is 6.27. The Labute approximate surface area is 293 Å². The van der Waals surface area contributed by atoms with E-state index in [0.29, 0.717) is 22.2 Å². The van der Waals surface area contributed by atoms with Crippen LogP contribution < -0.4 is 0 Å². The van der Waals surface area contributed by atoms with Crippen LogP contribution in [0.1, 0.15) is 43.6 Å². The first-order valence-corrected chi connectivity index (χ1v) is 20.2. The van der Waals surface area contributed by atoms with Gasteiger partial charge in [-0.2, -0.15) is 0 Å². The highest BCUT2D eigenvalue weighted by atomic mass is 79.9. The second-order valence-corrected chi connectivity index (χ2v) is 19.9. The smallest absolute Gasteiger partial charge is 0.419 e. The highest BCUT2D eigenvalue weighted by molar-refractivity contribution is 9.10. The molecular formula is C38H37BrFN3O5Si. The molecule has 1 aliphatic heterocycles. The summed E-state index contributed by atoms with van der Waals surface area (Å²) in [4.78, 5) is 46.0. The van der Waals surface area contributed by atoms with Gasteiger partial charge in [-0.05, 0) is 85.8 Å². The van der Waals surface area contributed by atoms with Gasteiger partial charge in [0.1, 0.15) is 25.5 Å². The van der Waals surface area contributed by atoms with Crippen LogP contribution in [0.25, 0.3) is 33.1 Å². The molecule has 1 aliphatic rings. The van der Waals surface area contributed by atoms with Crippen molar-refractivity contribution in [3.63, 3.8) is 0 Å². The molecule has 11 heteroatoms. The number of halogens is 2. The number of H-pyrrole nitrogens is 1. The third-order valence-electron chi connectivity index (χ3n) is 8.30. The van der Waals surface area contributed by atoms with Crippen LogP contribution in [0.5, 0.6) is 0 Å². The quantitative estimate of drug-likeness (QED) is 0.114. The summed E-state index contributed by atoms with van der Waals surface area (Å²) in [5.41, 5.74) is 7.38. The van der Waals surface area contributed by atoms with Gasteiger partial charge in [-0.1, -0.05) is 59.8 Å². The second-order valence-electron chi connectivity index (χ2n) is 14.2. The average molecular weight is 743 g/mol. The Morgan fingerprint density at radius 3 is 2.37 bits per heavy atom. The van der Waals surface area contributed by atoms with Crippen molar-refractivity contribution in [2.24, 2.45) is 0 Å². The first-order valence-electron chi connectivity index (χ1n) is 15.9. The van der Waals surface area contributed by atoms with Gasteiger partial charge in [-0.25, -0.2) is 18.5 Å². The molecule has 6 rings (SSSR count). The number of esters is 1. The number of amides is 1. The van der Waals surface area contributed by atoms with Crippen molar-refractivity contribution in [1.29, 1.82) is 0 Å². The number of hydrogen-bond donors (Lipinski definition) is 1.